The molecule has 7 nitrogen and oxygen atoms in total. The highest BCUT2D eigenvalue weighted by Crippen LogP contribution is 2.35. The molecule has 1 aromatic rings. The van der Waals surface area contributed by atoms with Gasteiger partial charge in [0.25, 0.3) is 11.5 Å². The van der Waals surface area contributed by atoms with Crippen LogP contribution in [0.4, 0.5) is 8.78 Å². The van der Waals surface area contributed by atoms with Gasteiger partial charge < -0.3 is 5.32 Å². The monoisotopic (exact) mass is 397 g/mol. The Morgan fingerprint density at radius 3 is 2.89 bits per heavy atom. The van der Waals surface area contributed by atoms with Crippen molar-refractivity contribution in [2.45, 2.75) is 38.7 Å². The minimum absolute atomic E-state index is 0.0829. The Bertz CT molecular complexity index is 890. The van der Waals surface area contributed by atoms with E-state index in [9.17, 15) is 18.4 Å². The van der Waals surface area contributed by atoms with Gasteiger partial charge in [-0.05, 0) is 43.3 Å². The highest BCUT2D eigenvalue weighted by Gasteiger charge is 2.31. The lowest BCUT2D eigenvalue weighted by molar-refractivity contribution is -0.121. The number of carbonyl (C=O) groups is 1. The molecule has 0 bridgehead atoms. The molecule has 0 fully saturated rings. The van der Waals surface area contributed by atoms with Crippen molar-refractivity contribution in [3.63, 3.8) is 0 Å². The number of carbonyl (C=O) groups excluding carboxylic acids is 1. The van der Waals surface area contributed by atoms with E-state index in [2.05, 4.69) is 27.1 Å². The minimum Gasteiger partial charge on any atom is -0.327 e. The van der Waals surface area contributed by atoms with Crippen molar-refractivity contribution in [3.8, 4) is 0 Å². The van der Waals surface area contributed by atoms with E-state index in [1.807, 2.05) is 0 Å². The lowest BCUT2D eigenvalue weighted by Gasteiger charge is -2.21. The number of amidine groups is 1. The first kappa shape index (κ1) is 20.6. The molecule has 0 spiro atoms. The molecule has 0 saturated carbocycles. The molecule has 0 atom stereocenters. The van der Waals surface area contributed by atoms with Gasteiger partial charge >= 0.3 is 0 Å². The van der Waals surface area contributed by atoms with Crippen LogP contribution >= 0.6 is 11.6 Å². The van der Waals surface area contributed by atoms with Crippen molar-refractivity contribution >= 4 is 35.1 Å². The van der Waals surface area contributed by atoms with E-state index in [0.29, 0.717) is 17.0 Å². The van der Waals surface area contributed by atoms with Crippen LogP contribution in [-0.4, -0.2) is 33.6 Å². The maximum atomic E-state index is 13.3. The molecule has 1 aliphatic carbocycles. The van der Waals surface area contributed by atoms with Crippen LogP contribution in [0.15, 0.2) is 44.9 Å². The largest absolute Gasteiger partial charge is 0.327 e. The van der Waals surface area contributed by atoms with Crippen LogP contribution in [0.1, 0.15) is 31.9 Å². The van der Waals surface area contributed by atoms with Gasteiger partial charge in [-0.3, -0.25) is 9.59 Å². The average Bonchev–Trinajstić information content (AvgIpc) is 2.61. The Hall–Kier alpha value is -2.68. The third-order valence-corrected chi connectivity index (χ3v) is 3.95. The van der Waals surface area contributed by atoms with Crippen molar-refractivity contribution in [1.82, 2.24) is 15.1 Å². The first-order valence-corrected chi connectivity index (χ1v) is 8.40. The summed E-state index contributed by atoms with van der Waals surface area (Å²) in [7, 11) is 0. The van der Waals surface area contributed by atoms with E-state index in [-0.39, 0.29) is 31.1 Å². The van der Waals surface area contributed by atoms with E-state index in [4.69, 9.17) is 11.6 Å². The Labute approximate surface area is 159 Å². The number of amides is 1. The molecule has 0 unspecified atom stereocenters. The van der Waals surface area contributed by atoms with Crippen molar-refractivity contribution in [1.29, 1.82) is 0 Å². The van der Waals surface area contributed by atoms with Crippen molar-refractivity contribution in [3.05, 3.63) is 46.2 Å². The Kier molecular flexibility index (Phi) is 6.73. The van der Waals surface area contributed by atoms with Crippen LogP contribution in [0, 0.1) is 0 Å². The highest BCUT2D eigenvalue weighted by atomic mass is 35.5. The second-order valence-electron chi connectivity index (χ2n) is 5.92. The predicted octanol–water partition coefficient (Wildman–Crippen LogP) is 2.72. The quantitative estimate of drug-likeness (QED) is 0.470. The molecule has 2 rings (SSSR count). The number of alkyl halides is 2. The Morgan fingerprint density at radius 1 is 1.52 bits per heavy atom. The van der Waals surface area contributed by atoms with Crippen LogP contribution in [0.3, 0.4) is 0 Å². The standard InChI is InChI=1S/C17H18ClF2N5O2/c1-11(9-22-16(18)21-2)23-14(26)10-25-15(27)4-3-13(24-25)12-5-7-17(19,20)8-6-12/h3-5,9H,2,6-8,10H2,1H3,(H,23,26)/b11-9+,22-16-. The van der Waals surface area contributed by atoms with Crippen molar-refractivity contribution in [2.24, 2.45) is 9.98 Å². The molecule has 27 heavy (non-hydrogen) atoms. The fourth-order valence-electron chi connectivity index (χ4n) is 2.38. The van der Waals surface area contributed by atoms with Gasteiger partial charge in [0.05, 0.1) is 5.69 Å². The fraction of sp³-hybridized carbons (Fsp3) is 0.353. The summed E-state index contributed by atoms with van der Waals surface area (Å²) >= 11 is 5.56. The molecular weight excluding hydrogens is 380 g/mol. The van der Waals surface area contributed by atoms with Gasteiger partial charge in [-0.2, -0.15) is 5.10 Å². The topological polar surface area (TPSA) is 88.7 Å². The lowest BCUT2D eigenvalue weighted by Crippen LogP contribution is -2.33. The number of aromatic nitrogens is 2. The lowest BCUT2D eigenvalue weighted by atomic mass is 9.94. The number of hydrogen-bond acceptors (Lipinski definition) is 4. The van der Waals surface area contributed by atoms with Gasteiger partial charge in [0.15, 0.2) is 0 Å². The molecule has 10 heteroatoms. The molecule has 0 aromatic carbocycles. The number of aliphatic imine (C=N–C) groups is 2. The van der Waals surface area contributed by atoms with Crippen molar-refractivity contribution in [2.75, 3.05) is 0 Å². The van der Waals surface area contributed by atoms with E-state index in [1.165, 1.54) is 24.4 Å². The van der Waals surface area contributed by atoms with Crippen LogP contribution in [0.5, 0.6) is 0 Å². The highest BCUT2D eigenvalue weighted by molar-refractivity contribution is 6.65. The van der Waals surface area contributed by atoms with Crippen molar-refractivity contribution < 1.29 is 13.6 Å². The zero-order chi connectivity index (χ0) is 20.0. The van der Waals surface area contributed by atoms with Gasteiger partial charge in [0.2, 0.25) is 11.2 Å². The van der Waals surface area contributed by atoms with Gasteiger partial charge in [0.1, 0.15) is 6.54 Å². The number of halogens is 3. The molecule has 0 saturated heterocycles. The molecule has 0 aliphatic heterocycles. The summed E-state index contributed by atoms with van der Waals surface area (Å²) in [4.78, 5) is 31.1. The maximum Gasteiger partial charge on any atom is 0.267 e. The van der Waals surface area contributed by atoms with Crippen LogP contribution in [-0.2, 0) is 11.3 Å². The zero-order valence-corrected chi connectivity index (χ0v) is 15.3. The van der Waals surface area contributed by atoms with E-state index < -0.39 is 17.4 Å². The van der Waals surface area contributed by atoms with E-state index in [1.54, 1.807) is 6.92 Å². The maximum absolute atomic E-state index is 13.3. The summed E-state index contributed by atoms with van der Waals surface area (Å²) in [6.07, 6.45) is 2.23. The molecule has 0 radical (unpaired) electrons. The third-order valence-electron chi connectivity index (χ3n) is 3.73. The molecule has 1 aromatic heterocycles. The molecule has 1 N–H and O–H groups in total. The first-order valence-electron chi connectivity index (χ1n) is 8.02. The summed E-state index contributed by atoms with van der Waals surface area (Å²) in [5.74, 6) is -3.22. The normalized spacial score (nSPS) is 17.3. The number of nitrogens with zero attached hydrogens (tertiary/aromatic N) is 4. The third kappa shape index (κ3) is 6.21. The van der Waals surface area contributed by atoms with Gasteiger partial charge in [0, 0.05) is 30.8 Å². The van der Waals surface area contributed by atoms with Crippen LogP contribution < -0.4 is 10.9 Å². The fourth-order valence-corrected chi connectivity index (χ4v) is 2.43. The number of allylic oxidation sites excluding steroid dienone is 3. The number of rotatable bonds is 5. The van der Waals surface area contributed by atoms with Crippen LogP contribution in [0.2, 0.25) is 0 Å². The molecule has 1 aliphatic rings. The molecule has 1 amide bonds. The number of nitrogens with one attached hydrogen (secondary N) is 1. The van der Waals surface area contributed by atoms with E-state index in [0.717, 1.165) is 4.68 Å². The van der Waals surface area contributed by atoms with E-state index >= 15 is 0 Å². The Balaban J connectivity index is 2.11. The summed E-state index contributed by atoms with van der Waals surface area (Å²) in [5, 5.41) is 6.56. The van der Waals surface area contributed by atoms with Crippen LogP contribution in [0.25, 0.3) is 5.57 Å². The summed E-state index contributed by atoms with van der Waals surface area (Å²) in [6.45, 7) is 4.44. The molecular formula is C17H18ClF2N5O2. The predicted molar refractivity (Wildman–Crippen MR) is 100 cm³/mol. The second-order valence-corrected chi connectivity index (χ2v) is 6.26. The second kappa shape index (κ2) is 8.81. The number of hydrogen-bond donors (Lipinski definition) is 1. The SMILES string of the molecule is C=N/C(Cl)=N\C=C(/C)NC(=O)Cn1nc(C2=CCC(F)(F)CC2)ccc1=O. The van der Waals surface area contributed by atoms with Gasteiger partial charge in [-0.1, -0.05) is 6.08 Å². The molecule has 144 valence electrons. The smallest absolute Gasteiger partial charge is 0.267 e. The first-order chi connectivity index (χ1) is 12.7. The van der Waals surface area contributed by atoms with Gasteiger partial charge in [-0.15, -0.1) is 0 Å². The molecule has 1 heterocycles. The summed E-state index contributed by atoms with van der Waals surface area (Å²) in [5.41, 5.74) is 0.933. The zero-order valence-electron chi connectivity index (χ0n) is 14.6. The Morgan fingerprint density at radius 2 is 2.26 bits per heavy atom. The average molecular weight is 398 g/mol. The minimum atomic E-state index is -2.71. The van der Waals surface area contributed by atoms with Gasteiger partial charge in [-0.25, -0.2) is 23.4 Å². The summed E-state index contributed by atoms with van der Waals surface area (Å²) < 4.78 is 27.5. The summed E-state index contributed by atoms with van der Waals surface area (Å²) in [6, 6.07) is 2.72.